The molecule has 0 aliphatic rings. The molecule has 0 saturated heterocycles. The molecule has 0 spiro atoms. The van der Waals surface area contributed by atoms with Gasteiger partial charge in [-0.3, -0.25) is 9.48 Å². The summed E-state index contributed by atoms with van der Waals surface area (Å²) in [5, 5.41) is 29.6. The molecule has 13 heteroatoms. The van der Waals surface area contributed by atoms with Crippen molar-refractivity contribution in [2.24, 2.45) is 7.05 Å². The Balaban J connectivity index is 1.31. The number of amides is 1. The number of hydrogen-bond acceptors (Lipinski definition) is 11. The van der Waals surface area contributed by atoms with Gasteiger partial charge in [0, 0.05) is 43.6 Å². The molecule has 0 fully saturated rings. The summed E-state index contributed by atoms with van der Waals surface area (Å²) in [6.45, 7) is 3.73. The average Bonchev–Trinajstić information content (AvgIpc) is 3.62. The lowest BCUT2D eigenvalue weighted by Crippen LogP contribution is -2.15. The number of rotatable bonds is 8. The van der Waals surface area contributed by atoms with E-state index in [0.29, 0.717) is 41.4 Å². The van der Waals surface area contributed by atoms with Gasteiger partial charge in [-0.15, -0.1) is 0 Å². The summed E-state index contributed by atoms with van der Waals surface area (Å²) < 4.78 is 11.8. The van der Waals surface area contributed by atoms with Crippen molar-refractivity contribution in [1.29, 1.82) is 0 Å². The average molecular weight is 502 g/mol. The third kappa shape index (κ3) is 5.00. The van der Waals surface area contributed by atoms with E-state index in [1.807, 2.05) is 31.2 Å². The predicted octanol–water partition coefficient (Wildman–Crippen LogP) is 3.78. The summed E-state index contributed by atoms with van der Waals surface area (Å²) in [5.74, 6) is 1.10. The fraction of sp³-hybridized carbons (Fsp3) is 0.208. The van der Waals surface area contributed by atoms with E-state index in [0.717, 1.165) is 29.0 Å². The van der Waals surface area contributed by atoms with Crippen molar-refractivity contribution >= 4 is 28.3 Å². The van der Waals surface area contributed by atoms with Crippen LogP contribution in [0.1, 0.15) is 25.1 Å². The van der Waals surface area contributed by atoms with Crippen molar-refractivity contribution in [1.82, 2.24) is 35.0 Å². The van der Waals surface area contributed by atoms with Crippen molar-refractivity contribution in [2.45, 2.75) is 26.7 Å². The predicted molar refractivity (Wildman–Crippen MR) is 133 cm³/mol. The van der Waals surface area contributed by atoms with Crippen LogP contribution < -0.4 is 10.6 Å². The first kappa shape index (κ1) is 23.7. The Labute approximate surface area is 210 Å². The van der Waals surface area contributed by atoms with E-state index in [1.165, 1.54) is 4.68 Å². The van der Waals surface area contributed by atoms with E-state index < -0.39 is 11.7 Å². The molecule has 4 heterocycles. The molecule has 188 valence electrons. The van der Waals surface area contributed by atoms with Gasteiger partial charge < -0.3 is 24.8 Å². The largest absolute Gasteiger partial charge is 0.502 e. The lowest BCUT2D eigenvalue weighted by atomic mass is 10.1. The second-order valence-corrected chi connectivity index (χ2v) is 8.16. The molecule has 5 aromatic rings. The maximum Gasteiger partial charge on any atom is 0.293 e. The zero-order chi connectivity index (χ0) is 25.9. The van der Waals surface area contributed by atoms with Gasteiger partial charge in [-0.1, -0.05) is 29.4 Å². The van der Waals surface area contributed by atoms with Crippen molar-refractivity contribution in [2.75, 3.05) is 10.6 Å². The molecule has 1 amide bonds. The summed E-state index contributed by atoms with van der Waals surface area (Å²) in [6.07, 6.45) is 4.32. The maximum atomic E-state index is 12.6. The minimum Gasteiger partial charge on any atom is -0.502 e. The molecule has 0 aliphatic carbocycles. The molecular formula is C24H23N9O4. The highest BCUT2D eigenvalue weighted by Crippen LogP contribution is 2.27. The number of hydrogen-bond donors (Lipinski definition) is 3. The number of nitrogens with zero attached hydrogens (tertiary/aromatic N) is 7. The lowest BCUT2D eigenvalue weighted by molar-refractivity contribution is -0.115. The van der Waals surface area contributed by atoms with Crippen LogP contribution in [-0.2, 0) is 18.3 Å². The second-order valence-electron chi connectivity index (χ2n) is 8.16. The van der Waals surface area contributed by atoms with Gasteiger partial charge in [0.2, 0.25) is 23.4 Å². The minimum absolute atomic E-state index is 0.215. The number of benzene rings is 1. The number of pyridine rings is 1. The lowest BCUT2D eigenvalue weighted by Gasteiger charge is -2.07. The van der Waals surface area contributed by atoms with Gasteiger partial charge in [0.25, 0.3) is 5.91 Å². The van der Waals surface area contributed by atoms with E-state index in [9.17, 15) is 9.90 Å². The first-order valence-electron chi connectivity index (χ1n) is 11.4. The van der Waals surface area contributed by atoms with Gasteiger partial charge in [0.05, 0.1) is 6.20 Å². The summed E-state index contributed by atoms with van der Waals surface area (Å²) in [7, 11) is 1.69. The van der Waals surface area contributed by atoms with Crippen LogP contribution in [0.4, 0.5) is 11.6 Å². The summed E-state index contributed by atoms with van der Waals surface area (Å²) in [6, 6.07) is 9.05. The quantitative estimate of drug-likeness (QED) is 0.209. The van der Waals surface area contributed by atoms with Crippen molar-refractivity contribution in [3.05, 3.63) is 60.3 Å². The molecule has 13 nitrogen and oxygen atoms in total. The number of aliphatic hydroxyl groups is 1. The molecule has 0 saturated carbocycles. The zero-order valence-electron chi connectivity index (χ0n) is 20.3. The third-order valence-electron chi connectivity index (χ3n) is 5.41. The third-order valence-corrected chi connectivity index (χ3v) is 5.41. The highest BCUT2D eigenvalue weighted by molar-refractivity contribution is 6.02. The van der Waals surface area contributed by atoms with Gasteiger partial charge in [0.15, 0.2) is 11.6 Å². The monoisotopic (exact) mass is 501 g/mol. The van der Waals surface area contributed by atoms with E-state index in [-0.39, 0.29) is 5.82 Å². The summed E-state index contributed by atoms with van der Waals surface area (Å²) in [5.41, 5.74) is 1.29. The minimum atomic E-state index is -0.764. The Kier molecular flexibility index (Phi) is 6.32. The van der Waals surface area contributed by atoms with E-state index in [2.05, 4.69) is 41.0 Å². The van der Waals surface area contributed by atoms with Crippen molar-refractivity contribution in [3.63, 3.8) is 0 Å². The zero-order valence-corrected chi connectivity index (χ0v) is 20.3. The van der Waals surface area contributed by atoms with Gasteiger partial charge in [-0.2, -0.15) is 15.1 Å². The molecule has 0 atom stereocenters. The molecule has 0 aliphatic heterocycles. The number of carbonyl (C=O) groups is 1. The van der Waals surface area contributed by atoms with Crippen molar-refractivity contribution < 1.29 is 18.9 Å². The second kappa shape index (κ2) is 9.89. The number of carbonyl (C=O) groups excluding carboxylic acids is 1. The van der Waals surface area contributed by atoms with Gasteiger partial charge >= 0.3 is 0 Å². The van der Waals surface area contributed by atoms with Crippen LogP contribution in [0.25, 0.3) is 33.7 Å². The Morgan fingerprint density at radius 2 is 1.97 bits per heavy atom. The topological polar surface area (TPSA) is 170 Å². The van der Waals surface area contributed by atoms with E-state index >= 15 is 0 Å². The van der Waals surface area contributed by atoms with Crippen LogP contribution in [0.15, 0.2) is 57.5 Å². The van der Waals surface area contributed by atoms with Crippen LogP contribution >= 0.6 is 0 Å². The molecule has 1 aromatic carbocycles. The van der Waals surface area contributed by atoms with Gasteiger partial charge in [-0.25, -0.2) is 4.98 Å². The van der Waals surface area contributed by atoms with Crippen LogP contribution in [0.3, 0.4) is 0 Å². The molecule has 3 N–H and O–H groups in total. The molecule has 37 heavy (non-hydrogen) atoms. The molecule has 0 bridgehead atoms. The van der Waals surface area contributed by atoms with Crippen molar-refractivity contribution in [3.8, 4) is 22.9 Å². The Bertz CT molecular complexity index is 1620. The summed E-state index contributed by atoms with van der Waals surface area (Å²) >= 11 is 0. The van der Waals surface area contributed by atoms with Crippen LogP contribution in [-0.4, -0.2) is 46.1 Å². The number of nitrogens with one attached hydrogen (secondary N) is 2. The van der Waals surface area contributed by atoms with Crippen LogP contribution in [0.5, 0.6) is 0 Å². The molecule has 0 unspecified atom stereocenters. The van der Waals surface area contributed by atoms with E-state index in [4.69, 9.17) is 9.05 Å². The Morgan fingerprint density at radius 3 is 2.76 bits per heavy atom. The van der Waals surface area contributed by atoms with Crippen LogP contribution in [0, 0.1) is 6.92 Å². The highest BCUT2D eigenvalue weighted by atomic mass is 16.5. The number of aromatic nitrogens is 7. The molecule has 4 aromatic heterocycles. The first-order chi connectivity index (χ1) is 17.9. The molecular weight excluding hydrogens is 478 g/mol. The number of aryl methyl sites for hydroxylation is 3. The standard InChI is InChI=1S/C24H23N9O4/c1-4-5-20-29-23(32-37-20)17-11-19(30-33(17)3)28-24(35)18(34)12-26-22-16-10-15(21-27-13(2)36-31-21)7-6-14(16)8-9-25-22/h6-12,34H,4-5H2,1-3H3,(H,25,26)(H,28,30,35)/b18-12-. The fourth-order valence-electron chi connectivity index (χ4n) is 3.63. The molecule has 5 rings (SSSR count). The maximum absolute atomic E-state index is 12.6. The van der Waals surface area contributed by atoms with Gasteiger partial charge in [0.1, 0.15) is 11.5 Å². The Hall–Kier alpha value is -5.07. The normalized spacial score (nSPS) is 11.7. The smallest absolute Gasteiger partial charge is 0.293 e. The summed E-state index contributed by atoms with van der Waals surface area (Å²) in [4.78, 5) is 25.5. The first-order valence-corrected chi connectivity index (χ1v) is 11.4. The van der Waals surface area contributed by atoms with E-state index in [1.54, 1.807) is 26.2 Å². The molecule has 0 radical (unpaired) electrons. The van der Waals surface area contributed by atoms with Gasteiger partial charge in [-0.05, 0) is 23.9 Å². The number of fused-ring (bicyclic) bond motifs is 1. The fourth-order valence-corrected chi connectivity index (χ4v) is 3.63. The SMILES string of the molecule is CCCc1nc(-c2cc(NC(=O)/C(O)=C/Nc3nccc4ccc(-c5noc(C)n5)cc34)nn2C)no1. The highest BCUT2D eigenvalue weighted by Gasteiger charge is 2.17. The Morgan fingerprint density at radius 1 is 1.14 bits per heavy atom. The van der Waals surface area contributed by atoms with Crippen LogP contribution in [0.2, 0.25) is 0 Å². The number of anilines is 2. The number of aliphatic hydroxyl groups excluding tert-OH is 1.